The molecule has 0 fully saturated rings. The second-order valence-corrected chi connectivity index (χ2v) is 7.71. The third-order valence-electron chi connectivity index (χ3n) is 3.82. The lowest BCUT2D eigenvalue weighted by molar-refractivity contribution is 0.0921. The van der Waals surface area contributed by atoms with Crippen LogP contribution in [0.1, 0.15) is 28.4 Å². The molecule has 1 N–H and O–H groups in total. The molecule has 1 amide bonds. The molecule has 27 heavy (non-hydrogen) atoms. The Morgan fingerprint density at radius 1 is 1.22 bits per heavy atom. The lowest BCUT2D eigenvalue weighted by atomic mass is 10.3. The molecule has 3 aromatic rings. The minimum atomic E-state index is -0.234. The van der Waals surface area contributed by atoms with Crippen LogP contribution in [0.25, 0.3) is 0 Å². The van der Waals surface area contributed by atoms with Crippen LogP contribution in [0.2, 0.25) is 0 Å². The molecule has 2 aromatic heterocycles. The highest BCUT2D eigenvalue weighted by atomic mass is 79.9. The Kier molecular flexibility index (Phi) is 6.73. The van der Waals surface area contributed by atoms with Crippen LogP contribution in [0.3, 0.4) is 0 Å². The fourth-order valence-electron chi connectivity index (χ4n) is 2.40. The third-order valence-corrected chi connectivity index (χ3v) is 5.12. The zero-order valence-corrected chi connectivity index (χ0v) is 17.9. The highest BCUT2D eigenvalue weighted by Crippen LogP contribution is 2.18. The summed E-state index contributed by atoms with van der Waals surface area (Å²) in [5.74, 6) is 1.38. The maximum Gasteiger partial charge on any atom is 0.286 e. The molecule has 8 heteroatoms. The first-order valence-electron chi connectivity index (χ1n) is 8.46. The maximum absolute atomic E-state index is 12.2. The van der Waals surface area contributed by atoms with Gasteiger partial charge in [-0.3, -0.25) is 9.48 Å². The number of amides is 1. The fourth-order valence-corrected chi connectivity index (χ4v) is 2.98. The number of hydrogen-bond donors (Lipinski definition) is 1. The lowest BCUT2D eigenvalue weighted by Crippen LogP contribution is -2.24. The minimum absolute atomic E-state index is 0.234. The molecule has 3 rings (SSSR count). The first kappa shape index (κ1) is 19.7. The van der Waals surface area contributed by atoms with Crippen LogP contribution in [0, 0.1) is 6.92 Å². The Labute approximate surface area is 174 Å². The summed E-state index contributed by atoms with van der Waals surface area (Å²) in [6, 6.07) is 10.9. The molecule has 0 spiro atoms. The van der Waals surface area contributed by atoms with Gasteiger partial charge in [-0.2, -0.15) is 5.10 Å². The molecule has 0 saturated carbocycles. The largest absolute Gasteiger partial charge is 0.486 e. The summed E-state index contributed by atoms with van der Waals surface area (Å²) < 4.78 is 15.0. The second kappa shape index (κ2) is 9.23. The molecule has 0 bridgehead atoms. The van der Waals surface area contributed by atoms with Crippen molar-refractivity contribution in [2.24, 2.45) is 0 Å². The van der Waals surface area contributed by atoms with Crippen LogP contribution in [0.5, 0.6) is 5.75 Å². The first-order valence-corrected chi connectivity index (χ1v) is 10.0. The SMILES string of the molecule is Cc1nn(CCCNC(=O)c2ccc(COc3ccc(Br)cc3)o2)cc1Br. The Balaban J connectivity index is 1.41. The van der Waals surface area contributed by atoms with Crippen LogP contribution in [-0.2, 0) is 13.2 Å². The fraction of sp³-hybridized carbons (Fsp3) is 0.263. The molecule has 2 heterocycles. The Morgan fingerprint density at radius 3 is 2.70 bits per heavy atom. The minimum Gasteiger partial charge on any atom is -0.486 e. The average molecular weight is 497 g/mol. The van der Waals surface area contributed by atoms with Crippen molar-refractivity contribution in [3.05, 3.63) is 68.8 Å². The molecule has 1 aromatic carbocycles. The first-order chi connectivity index (χ1) is 13.0. The smallest absolute Gasteiger partial charge is 0.286 e. The van der Waals surface area contributed by atoms with Gasteiger partial charge in [-0.1, -0.05) is 15.9 Å². The van der Waals surface area contributed by atoms with Crippen molar-refractivity contribution in [2.75, 3.05) is 6.54 Å². The quantitative estimate of drug-likeness (QED) is 0.458. The van der Waals surface area contributed by atoms with E-state index in [1.807, 2.05) is 42.1 Å². The number of nitrogens with one attached hydrogen (secondary N) is 1. The number of carbonyl (C=O) groups excluding carboxylic acids is 1. The lowest BCUT2D eigenvalue weighted by Gasteiger charge is -2.05. The molecular formula is C19H19Br2N3O3. The van der Waals surface area contributed by atoms with Crippen molar-refractivity contribution in [1.29, 1.82) is 0 Å². The molecule has 142 valence electrons. The summed E-state index contributed by atoms with van der Waals surface area (Å²) in [6.07, 6.45) is 2.71. The van der Waals surface area contributed by atoms with Gasteiger partial charge in [-0.05, 0) is 65.7 Å². The van der Waals surface area contributed by atoms with Gasteiger partial charge in [0.05, 0.1) is 10.2 Å². The molecule has 0 radical (unpaired) electrons. The third kappa shape index (κ3) is 5.71. The molecule has 0 aliphatic heterocycles. The zero-order chi connectivity index (χ0) is 19.2. The van der Waals surface area contributed by atoms with Crippen LogP contribution in [0.4, 0.5) is 0 Å². The van der Waals surface area contributed by atoms with Crippen molar-refractivity contribution >= 4 is 37.8 Å². The van der Waals surface area contributed by atoms with Crippen LogP contribution in [-0.4, -0.2) is 22.2 Å². The van der Waals surface area contributed by atoms with Crippen LogP contribution < -0.4 is 10.1 Å². The average Bonchev–Trinajstić information content (AvgIpc) is 3.25. The van der Waals surface area contributed by atoms with Gasteiger partial charge in [-0.15, -0.1) is 0 Å². The maximum atomic E-state index is 12.2. The van der Waals surface area contributed by atoms with Gasteiger partial charge in [0.25, 0.3) is 5.91 Å². The van der Waals surface area contributed by atoms with Crippen molar-refractivity contribution in [3.8, 4) is 5.75 Å². The molecule has 0 atom stereocenters. The molecular weight excluding hydrogens is 478 g/mol. The predicted molar refractivity (Wildman–Crippen MR) is 109 cm³/mol. The van der Waals surface area contributed by atoms with Crippen molar-refractivity contribution in [2.45, 2.75) is 26.5 Å². The number of aromatic nitrogens is 2. The Bertz CT molecular complexity index is 884. The highest BCUT2D eigenvalue weighted by molar-refractivity contribution is 9.10. The van der Waals surface area contributed by atoms with E-state index >= 15 is 0 Å². The van der Waals surface area contributed by atoms with Crippen molar-refractivity contribution in [1.82, 2.24) is 15.1 Å². The molecule has 6 nitrogen and oxygen atoms in total. The molecule has 0 unspecified atom stereocenters. The Morgan fingerprint density at radius 2 is 2.00 bits per heavy atom. The van der Waals surface area contributed by atoms with Gasteiger partial charge in [0.1, 0.15) is 18.1 Å². The summed E-state index contributed by atoms with van der Waals surface area (Å²) >= 11 is 6.81. The summed E-state index contributed by atoms with van der Waals surface area (Å²) in [4.78, 5) is 12.2. The highest BCUT2D eigenvalue weighted by Gasteiger charge is 2.11. The number of carbonyl (C=O) groups is 1. The van der Waals surface area contributed by atoms with Gasteiger partial charge in [0.2, 0.25) is 0 Å². The van der Waals surface area contributed by atoms with E-state index < -0.39 is 0 Å². The summed E-state index contributed by atoms with van der Waals surface area (Å²) in [5.41, 5.74) is 0.951. The van der Waals surface area contributed by atoms with Gasteiger partial charge < -0.3 is 14.5 Å². The van der Waals surface area contributed by atoms with Crippen molar-refractivity contribution < 1.29 is 13.9 Å². The molecule has 0 aliphatic carbocycles. The van der Waals surface area contributed by atoms with Gasteiger partial charge in [0.15, 0.2) is 5.76 Å². The summed E-state index contributed by atoms with van der Waals surface area (Å²) in [6.45, 7) is 3.48. The van der Waals surface area contributed by atoms with Crippen LogP contribution >= 0.6 is 31.9 Å². The number of aryl methyl sites for hydroxylation is 2. The van der Waals surface area contributed by atoms with Gasteiger partial charge in [0, 0.05) is 23.8 Å². The second-order valence-electron chi connectivity index (χ2n) is 5.94. The number of benzene rings is 1. The molecule has 0 saturated heterocycles. The van der Waals surface area contributed by atoms with E-state index in [2.05, 4.69) is 42.3 Å². The summed E-state index contributed by atoms with van der Waals surface area (Å²) in [5, 5.41) is 7.21. The van der Waals surface area contributed by atoms with Crippen molar-refractivity contribution in [3.63, 3.8) is 0 Å². The van der Waals surface area contributed by atoms with E-state index in [0.29, 0.717) is 12.3 Å². The van der Waals surface area contributed by atoms with E-state index in [1.54, 1.807) is 12.1 Å². The zero-order valence-electron chi connectivity index (χ0n) is 14.7. The topological polar surface area (TPSA) is 69.3 Å². The number of furan rings is 1. The molecule has 0 aliphatic rings. The van der Waals surface area contributed by atoms with E-state index in [0.717, 1.165) is 33.4 Å². The number of rotatable bonds is 8. The van der Waals surface area contributed by atoms with E-state index in [4.69, 9.17) is 9.15 Å². The van der Waals surface area contributed by atoms with E-state index in [9.17, 15) is 4.79 Å². The van der Waals surface area contributed by atoms with Crippen LogP contribution in [0.15, 0.2) is 56.0 Å². The number of halogens is 2. The van der Waals surface area contributed by atoms with Gasteiger partial charge >= 0.3 is 0 Å². The number of ether oxygens (including phenoxy) is 1. The van der Waals surface area contributed by atoms with E-state index in [1.165, 1.54) is 0 Å². The monoisotopic (exact) mass is 495 g/mol. The van der Waals surface area contributed by atoms with Gasteiger partial charge in [-0.25, -0.2) is 0 Å². The number of hydrogen-bond acceptors (Lipinski definition) is 4. The standard InChI is InChI=1S/C19H19Br2N3O3/c1-13-17(21)11-24(23-13)10-2-9-22-19(25)18-8-7-16(27-18)12-26-15-5-3-14(20)4-6-15/h3-8,11H,2,9-10,12H2,1H3,(H,22,25). The predicted octanol–water partition coefficient (Wildman–Crippen LogP) is 4.71. The van der Waals surface area contributed by atoms with E-state index in [-0.39, 0.29) is 18.3 Å². The Hall–Kier alpha value is -2.06. The number of nitrogens with zero attached hydrogens (tertiary/aromatic N) is 2. The summed E-state index contributed by atoms with van der Waals surface area (Å²) in [7, 11) is 0. The normalized spacial score (nSPS) is 10.8.